The van der Waals surface area contributed by atoms with Crippen LogP contribution >= 0.6 is 0 Å². The number of hydrogen-bond acceptors (Lipinski definition) is 3. The van der Waals surface area contributed by atoms with Gasteiger partial charge in [-0.1, -0.05) is 42.5 Å². The third kappa shape index (κ3) is 4.70. The molecule has 0 radical (unpaired) electrons. The Balaban J connectivity index is 1.53. The van der Waals surface area contributed by atoms with Crippen LogP contribution in [0.4, 0.5) is 5.69 Å². The van der Waals surface area contributed by atoms with Crippen molar-refractivity contribution in [3.63, 3.8) is 0 Å². The van der Waals surface area contributed by atoms with E-state index in [1.165, 1.54) is 0 Å². The molecule has 0 atom stereocenters. The molecule has 4 rings (SSSR count). The number of nitrogens with zero attached hydrogens (tertiary/aromatic N) is 2. The molecule has 0 bridgehead atoms. The van der Waals surface area contributed by atoms with Crippen LogP contribution in [0, 0.1) is 0 Å². The molecule has 1 aromatic heterocycles. The summed E-state index contributed by atoms with van der Waals surface area (Å²) in [5.41, 5.74) is 3.86. The van der Waals surface area contributed by atoms with Crippen LogP contribution in [0.25, 0.3) is 16.7 Å². The molecule has 1 heterocycles. The second kappa shape index (κ2) is 9.47. The number of carbonyl (C=O) groups excluding carboxylic acids is 2. The molecule has 0 unspecified atom stereocenters. The maximum atomic E-state index is 12.8. The molecule has 2 amide bonds. The Kier molecular flexibility index (Phi) is 6.31. The fourth-order valence-corrected chi connectivity index (χ4v) is 3.68. The van der Waals surface area contributed by atoms with Crippen LogP contribution in [0.2, 0.25) is 0 Å². The first-order chi connectivity index (χ1) is 15.5. The molecule has 0 saturated heterocycles. The smallest absolute Gasteiger partial charge is 0.253 e. The van der Waals surface area contributed by atoms with Gasteiger partial charge in [0.25, 0.3) is 5.91 Å². The van der Waals surface area contributed by atoms with Crippen molar-refractivity contribution in [3.8, 4) is 5.69 Å². The van der Waals surface area contributed by atoms with Crippen LogP contribution in [0.3, 0.4) is 0 Å². The number of aromatic nitrogens is 2. The number of aryl methyl sites for hydroxylation is 1. The van der Waals surface area contributed by atoms with Crippen molar-refractivity contribution in [2.75, 3.05) is 5.32 Å². The predicted molar refractivity (Wildman–Crippen MR) is 127 cm³/mol. The molecule has 6 heteroatoms. The second-order valence-electron chi connectivity index (χ2n) is 7.91. The number of fused-ring (bicyclic) bond motifs is 1. The molecule has 32 heavy (non-hydrogen) atoms. The molecule has 2 N–H and O–H groups in total. The highest BCUT2D eigenvalue weighted by Gasteiger charge is 2.16. The van der Waals surface area contributed by atoms with Gasteiger partial charge in [0.1, 0.15) is 5.82 Å². The van der Waals surface area contributed by atoms with Crippen LogP contribution in [0.5, 0.6) is 0 Å². The van der Waals surface area contributed by atoms with Crippen LogP contribution in [0.1, 0.15) is 36.5 Å². The number of amides is 2. The van der Waals surface area contributed by atoms with Crippen LogP contribution in [-0.4, -0.2) is 27.4 Å². The SMILES string of the molecule is CC(C)NC(=O)c1ccccc1NC(=O)CCc1nc2ccccc2n1-c1ccccc1. The number of carbonyl (C=O) groups is 2. The van der Waals surface area contributed by atoms with Gasteiger partial charge >= 0.3 is 0 Å². The first-order valence-electron chi connectivity index (χ1n) is 10.7. The van der Waals surface area contributed by atoms with Gasteiger partial charge in [-0.15, -0.1) is 0 Å². The summed E-state index contributed by atoms with van der Waals surface area (Å²) < 4.78 is 2.09. The average molecular weight is 427 g/mol. The lowest BCUT2D eigenvalue weighted by atomic mass is 10.1. The molecule has 0 aliphatic rings. The lowest BCUT2D eigenvalue weighted by molar-refractivity contribution is -0.116. The molecular weight excluding hydrogens is 400 g/mol. The van der Waals surface area contributed by atoms with Crippen molar-refractivity contribution in [1.29, 1.82) is 0 Å². The van der Waals surface area contributed by atoms with Crippen molar-refractivity contribution >= 4 is 28.5 Å². The van der Waals surface area contributed by atoms with Gasteiger partial charge in [-0.2, -0.15) is 0 Å². The van der Waals surface area contributed by atoms with E-state index in [-0.39, 0.29) is 24.3 Å². The molecule has 6 nitrogen and oxygen atoms in total. The number of rotatable bonds is 7. The molecule has 0 fully saturated rings. The van der Waals surface area contributed by atoms with Crippen LogP contribution in [0.15, 0.2) is 78.9 Å². The quantitative estimate of drug-likeness (QED) is 0.448. The van der Waals surface area contributed by atoms with Gasteiger partial charge in [-0.25, -0.2) is 4.98 Å². The van der Waals surface area contributed by atoms with E-state index in [1.807, 2.05) is 68.4 Å². The number of nitrogens with one attached hydrogen (secondary N) is 2. The zero-order valence-electron chi connectivity index (χ0n) is 18.2. The molecule has 0 saturated carbocycles. The van der Waals surface area contributed by atoms with Crippen molar-refractivity contribution in [1.82, 2.24) is 14.9 Å². The molecule has 0 spiro atoms. The van der Waals surface area contributed by atoms with E-state index in [0.717, 1.165) is 22.5 Å². The summed E-state index contributed by atoms with van der Waals surface area (Å²) in [5.74, 6) is 0.446. The minimum atomic E-state index is -0.207. The van der Waals surface area contributed by atoms with E-state index >= 15 is 0 Å². The Morgan fingerprint density at radius 1 is 0.906 bits per heavy atom. The Labute approximate surface area is 187 Å². The van der Waals surface area contributed by atoms with Gasteiger partial charge in [0.2, 0.25) is 5.91 Å². The topological polar surface area (TPSA) is 76.0 Å². The number of benzene rings is 3. The van der Waals surface area contributed by atoms with Gasteiger partial charge in [0.05, 0.1) is 22.3 Å². The summed E-state index contributed by atoms with van der Waals surface area (Å²) in [5, 5.41) is 5.76. The highest BCUT2D eigenvalue weighted by atomic mass is 16.2. The Bertz CT molecular complexity index is 1250. The van der Waals surface area contributed by atoms with Crippen LogP contribution < -0.4 is 10.6 Å². The van der Waals surface area contributed by atoms with Gasteiger partial charge in [0.15, 0.2) is 0 Å². The molecule has 3 aromatic carbocycles. The van der Waals surface area contributed by atoms with Crippen LogP contribution in [-0.2, 0) is 11.2 Å². The standard InChI is InChI=1S/C26H26N4O2/c1-18(2)27-26(32)20-12-6-7-13-21(20)29-25(31)17-16-24-28-22-14-8-9-15-23(22)30(24)19-10-4-3-5-11-19/h3-15,18H,16-17H2,1-2H3,(H,27,32)(H,29,31). The maximum absolute atomic E-state index is 12.8. The van der Waals surface area contributed by atoms with Gasteiger partial charge in [0, 0.05) is 24.6 Å². The van der Waals surface area contributed by atoms with Crippen molar-refractivity contribution in [3.05, 3.63) is 90.3 Å². The minimum absolute atomic E-state index is 0.0113. The fourth-order valence-electron chi connectivity index (χ4n) is 3.68. The number of anilines is 1. The summed E-state index contributed by atoms with van der Waals surface area (Å²) >= 11 is 0. The fraction of sp³-hybridized carbons (Fsp3) is 0.192. The highest BCUT2D eigenvalue weighted by molar-refractivity contribution is 6.03. The van der Waals surface area contributed by atoms with E-state index in [0.29, 0.717) is 17.7 Å². The zero-order valence-corrected chi connectivity index (χ0v) is 18.2. The second-order valence-corrected chi connectivity index (χ2v) is 7.91. The molecule has 4 aromatic rings. The zero-order chi connectivity index (χ0) is 22.5. The molecule has 162 valence electrons. The summed E-state index contributed by atoms with van der Waals surface area (Å²) in [6.07, 6.45) is 0.714. The number of hydrogen-bond donors (Lipinski definition) is 2. The largest absolute Gasteiger partial charge is 0.350 e. The van der Waals surface area contributed by atoms with Gasteiger partial charge in [-0.05, 0) is 50.2 Å². The van der Waals surface area contributed by atoms with Gasteiger partial charge in [-0.3, -0.25) is 14.2 Å². The van der Waals surface area contributed by atoms with E-state index in [1.54, 1.807) is 24.3 Å². The lowest BCUT2D eigenvalue weighted by Crippen LogP contribution is -2.31. The normalized spacial score (nSPS) is 11.0. The molecule has 0 aliphatic heterocycles. The average Bonchev–Trinajstić information content (AvgIpc) is 3.16. The number of imidazole rings is 1. The summed E-state index contributed by atoms with van der Waals surface area (Å²) in [6.45, 7) is 3.80. The minimum Gasteiger partial charge on any atom is -0.350 e. The predicted octanol–water partition coefficient (Wildman–Crippen LogP) is 4.74. The van der Waals surface area contributed by atoms with Crippen molar-refractivity contribution < 1.29 is 9.59 Å². The first-order valence-corrected chi connectivity index (χ1v) is 10.7. The monoisotopic (exact) mass is 426 g/mol. The Morgan fingerprint density at radius 3 is 2.38 bits per heavy atom. The Hall–Kier alpha value is -3.93. The van der Waals surface area contributed by atoms with E-state index in [9.17, 15) is 9.59 Å². The van der Waals surface area contributed by atoms with Crippen molar-refractivity contribution in [2.45, 2.75) is 32.7 Å². The summed E-state index contributed by atoms with van der Waals surface area (Å²) in [6, 6.07) is 25.0. The highest BCUT2D eigenvalue weighted by Crippen LogP contribution is 2.23. The van der Waals surface area contributed by atoms with E-state index in [4.69, 9.17) is 4.98 Å². The molecule has 0 aliphatic carbocycles. The maximum Gasteiger partial charge on any atom is 0.253 e. The molecular formula is C26H26N4O2. The third-order valence-corrected chi connectivity index (χ3v) is 5.09. The van der Waals surface area contributed by atoms with E-state index in [2.05, 4.69) is 15.2 Å². The summed E-state index contributed by atoms with van der Waals surface area (Å²) in [7, 11) is 0. The van der Waals surface area contributed by atoms with Gasteiger partial charge < -0.3 is 10.6 Å². The number of para-hydroxylation sites is 4. The first kappa shape index (κ1) is 21.3. The Morgan fingerprint density at radius 2 is 1.59 bits per heavy atom. The van der Waals surface area contributed by atoms with E-state index < -0.39 is 0 Å². The van der Waals surface area contributed by atoms with Crippen molar-refractivity contribution in [2.24, 2.45) is 0 Å². The summed E-state index contributed by atoms with van der Waals surface area (Å²) in [4.78, 5) is 30.0. The lowest BCUT2D eigenvalue weighted by Gasteiger charge is -2.13. The third-order valence-electron chi connectivity index (χ3n) is 5.09.